The van der Waals surface area contributed by atoms with Gasteiger partial charge in [-0.05, 0) is 40.4 Å². The molecule has 0 radical (unpaired) electrons. The van der Waals surface area contributed by atoms with E-state index in [0.717, 1.165) is 22.9 Å². The molecule has 0 aromatic heterocycles. The summed E-state index contributed by atoms with van der Waals surface area (Å²) in [5.74, 6) is 0.279. The highest BCUT2D eigenvalue weighted by Gasteiger charge is 2.07. The van der Waals surface area contributed by atoms with Crippen LogP contribution in [0.15, 0.2) is 22.7 Å². The number of rotatable bonds is 3. The van der Waals surface area contributed by atoms with Gasteiger partial charge < -0.3 is 10.8 Å². The quantitative estimate of drug-likeness (QED) is 0.894. The van der Waals surface area contributed by atoms with Gasteiger partial charge in [0.05, 0.1) is 4.47 Å². The maximum Gasteiger partial charge on any atom is 0.130 e. The maximum absolute atomic E-state index is 9.40. The first-order valence-corrected chi connectivity index (χ1v) is 5.16. The standard InChI is InChI=1S/C10H14BrNO.ClH/c1-2-8(12)6-7-4-3-5-9(13)10(7)11;/h3-5,8,13H,2,6,12H2,1H3;1H. The van der Waals surface area contributed by atoms with Gasteiger partial charge in [-0.2, -0.15) is 0 Å². The molecule has 1 aromatic carbocycles. The molecule has 14 heavy (non-hydrogen) atoms. The lowest BCUT2D eigenvalue weighted by atomic mass is 10.0. The zero-order valence-corrected chi connectivity index (χ0v) is 10.4. The molecule has 4 heteroatoms. The summed E-state index contributed by atoms with van der Waals surface area (Å²) in [5, 5.41) is 9.40. The molecule has 80 valence electrons. The highest BCUT2D eigenvalue weighted by Crippen LogP contribution is 2.27. The second-order valence-corrected chi connectivity index (χ2v) is 3.92. The Labute approximate surface area is 99.0 Å². The maximum atomic E-state index is 9.40. The van der Waals surface area contributed by atoms with Crippen LogP contribution < -0.4 is 5.73 Å². The Morgan fingerprint density at radius 3 is 2.71 bits per heavy atom. The van der Waals surface area contributed by atoms with Crippen molar-refractivity contribution in [1.29, 1.82) is 0 Å². The minimum Gasteiger partial charge on any atom is -0.507 e. The summed E-state index contributed by atoms with van der Waals surface area (Å²) in [4.78, 5) is 0. The van der Waals surface area contributed by atoms with E-state index in [4.69, 9.17) is 5.73 Å². The van der Waals surface area contributed by atoms with Gasteiger partial charge in [0, 0.05) is 6.04 Å². The van der Waals surface area contributed by atoms with E-state index in [-0.39, 0.29) is 24.2 Å². The molecule has 0 aliphatic heterocycles. The summed E-state index contributed by atoms with van der Waals surface area (Å²) in [6.45, 7) is 2.06. The molecule has 0 aliphatic carbocycles. The molecule has 1 aromatic rings. The molecule has 0 heterocycles. The topological polar surface area (TPSA) is 46.2 Å². The Balaban J connectivity index is 0.00000169. The van der Waals surface area contributed by atoms with Crippen LogP contribution in [-0.2, 0) is 6.42 Å². The van der Waals surface area contributed by atoms with Crippen molar-refractivity contribution < 1.29 is 5.11 Å². The van der Waals surface area contributed by atoms with Crippen molar-refractivity contribution in [3.05, 3.63) is 28.2 Å². The van der Waals surface area contributed by atoms with Crippen molar-refractivity contribution in [2.24, 2.45) is 5.73 Å². The van der Waals surface area contributed by atoms with Crippen LogP contribution in [0.2, 0.25) is 0 Å². The third-order valence-corrected chi connectivity index (χ3v) is 2.98. The van der Waals surface area contributed by atoms with Gasteiger partial charge in [-0.1, -0.05) is 19.1 Å². The number of benzene rings is 1. The number of hydrogen-bond acceptors (Lipinski definition) is 2. The highest BCUT2D eigenvalue weighted by molar-refractivity contribution is 9.10. The fraction of sp³-hybridized carbons (Fsp3) is 0.400. The first-order chi connectivity index (χ1) is 6.15. The predicted octanol–water partition coefficient (Wildman–Crippen LogP) is 2.86. The normalized spacial score (nSPS) is 11.9. The Bertz CT molecular complexity index is 293. The van der Waals surface area contributed by atoms with E-state index < -0.39 is 0 Å². The van der Waals surface area contributed by atoms with Gasteiger partial charge in [-0.15, -0.1) is 12.4 Å². The smallest absolute Gasteiger partial charge is 0.130 e. The van der Waals surface area contributed by atoms with Crippen molar-refractivity contribution in [2.45, 2.75) is 25.8 Å². The number of halogens is 2. The van der Waals surface area contributed by atoms with Gasteiger partial charge in [-0.3, -0.25) is 0 Å². The van der Waals surface area contributed by atoms with E-state index in [1.807, 2.05) is 12.1 Å². The first-order valence-electron chi connectivity index (χ1n) is 4.37. The van der Waals surface area contributed by atoms with Crippen LogP contribution in [0, 0.1) is 0 Å². The molecule has 0 saturated heterocycles. The monoisotopic (exact) mass is 279 g/mol. The summed E-state index contributed by atoms with van der Waals surface area (Å²) in [6, 6.07) is 5.63. The minimum atomic E-state index is 0. The molecule has 3 N–H and O–H groups in total. The van der Waals surface area contributed by atoms with Crippen molar-refractivity contribution in [3.63, 3.8) is 0 Å². The molecule has 1 atom stereocenters. The van der Waals surface area contributed by atoms with Crippen molar-refractivity contribution in [3.8, 4) is 5.75 Å². The van der Waals surface area contributed by atoms with Crippen molar-refractivity contribution >= 4 is 28.3 Å². The van der Waals surface area contributed by atoms with Crippen LogP contribution in [-0.4, -0.2) is 11.1 Å². The zero-order chi connectivity index (χ0) is 9.84. The van der Waals surface area contributed by atoms with E-state index in [1.165, 1.54) is 0 Å². The molecule has 2 nitrogen and oxygen atoms in total. The highest BCUT2D eigenvalue weighted by atomic mass is 79.9. The Hall–Kier alpha value is -0.250. The van der Waals surface area contributed by atoms with Crippen LogP contribution in [0.3, 0.4) is 0 Å². The third-order valence-electron chi connectivity index (χ3n) is 2.06. The zero-order valence-electron chi connectivity index (χ0n) is 8.03. The van der Waals surface area contributed by atoms with Crippen LogP contribution in [0.25, 0.3) is 0 Å². The molecule has 0 aliphatic rings. The molecule has 0 saturated carbocycles. The minimum absolute atomic E-state index is 0. The van der Waals surface area contributed by atoms with Crippen LogP contribution in [0.1, 0.15) is 18.9 Å². The summed E-state index contributed by atoms with van der Waals surface area (Å²) in [7, 11) is 0. The van der Waals surface area contributed by atoms with Crippen LogP contribution in [0.5, 0.6) is 5.75 Å². The van der Waals surface area contributed by atoms with E-state index in [9.17, 15) is 5.11 Å². The molecule has 0 amide bonds. The molecule has 0 spiro atoms. The number of phenolic OH excluding ortho intramolecular Hbond substituents is 1. The first kappa shape index (κ1) is 13.8. The van der Waals surface area contributed by atoms with Crippen LogP contribution >= 0.6 is 28.3 Å². The molecule has 1 unspecified atom stereocenters. The van der Waals surface area contributed by atoms with Gasteiger partial charge in [0.15, 0.2) is 0 Å². The molecule has 1 rings (SSSR count). The van der Waals surface area contributed by atoms with Gasteiger partial charge >= 0.3 is 0 Å². The second-order valence-electron chi connectivity index (χ2n) is 3.12. The number of phenols is 1. The van der Waals surface area contributed by atoms with Crippen molar-refractivity contribution in [1.82, 2.24) is 0 Å². The SMILES string of the molecule is CCC(N)Cc1cccc(O)c1Br.Cl. The van der Waals surface area contributed by atoms with E-state index in [2.05, 4.69) is 22.9 Å². The second kappa shape index (κ2) is 6.27. The number of hydrogen-bond donors (Lipinski definition) is 2. The summed E-state index contributed by atoms with van der Waals surface area (Å²) in [5.41, 5.74) is 6.89. The summed E-state index contributed by atoms with van der Waals surface area (Å²) in [6.07, 6.45) is 1.74. The lowest BCUT2D eigenvalue weighted by Gasteiger charge is -2.10. The van der Waals surface area contributed by atoms with Crippen molar-refractivity contribution in [2.75, 3.05) is 0 Å². The van der Waals surface area contributed by atoms with E-state index in [1.54, 1.807) is 6.07 Å². The molecule has 0 bridgehead atoms. The Kier molecular flexibility index (Phi) is 6.16. The number of nitrogens with two attached hydrogens (primary N) is 1. The Morgan fingerprint density at radius 1 is 1.50 bits per heavy atom. The fourth-order valence-corrected chi connectivity index (χ4v) is 1.58. The number of aromatic hydroxyl groups is 1. The molecular weight excluding hydrogens is 265 g/mol. The fourth-order valence-electron chi connectivity index (χ4n) is 1.15. The lowest BCUT2D eigenvalue weighted by Crippen LogP contribution is -2.21. The molecular formula is C10H15BrClNO. The largest absolute Gasteiger partial charge is 0.507 e. The predicted molar refractivity (Wildman–Crippen MR) is 65.0 cm³/mol. The molecule has 0 fully saturated rings. The average molecular weight is 281 g/mol. The van der Waals surface area contributed by atoms with Gasteiger partial charge in [0.25, 0.3) is 0 Å². The van der Waals surface area contributed by atoms with Gasteiger partial charge in [0.2, 0.25) is 0 Å². The van der Waals surface area contributed by atoms with E-state index in [0.29, 0.717) is 0 Å². The lowest BCUT2D eigenvalue weighted by molar-refractivity contribution is 0.470. The van der Waals surface area contributed by atoms with Crippen LogP contribution in [0.4, 0.5) is 0 Å². The third kappa shape index (κ3) is 3.48. The average Bonchev–Trinajstić information content (AvgIpc) is 2.13. The summed E-state index contributed by atoms with van der Waals surface area (Å²) < 4.78 is 0.763. The van der Waals surface area contributed by atoms with Gasteiger partial charge in [-0.25, -0.2) is 0 Å². The Morgan fingerprint density at radius 2 is 2.14 bits per heavy atom. The van der Waals surface area contributed by atoms with E-state index >= 15 is 0 Å². The van der Waals surface area contributed by atoms with Gasteiger partial charge in [0.1, 0.15) is 5.75 Å². The summed E-state index contributed by atoms with van der Waals surface area (Å²) >= 11 is 3.33.